The molecule has 2 rings (SSSR count). The van der Waals surface area contributed by atoms with E-state index in [-0.39, 0.29) is 17.9 Å². The molecule has 1 aliphatic heterocycles. The van der Waals surface area contributed by atoms with Crippen LogP contribution in [0, 0.1) is 0 Å². The normalized spacial score (nSPS) is 27.9. The molecule has 5 heteroatoms. The topological polar surface area (TPSA) is 72.6 Å². The number of carbonyl (C=O) groups is 2. The Hall–Kier alpha value is -1.10. The van der Waals surface area contributed by atoms with Crippen LogP contribution in [-0.4, -0.2) is 42.0 Å². The van der Waals surface area contributed by atoms with E-state index >= 15 is 0 Å². The number of ether oxygens (including phenoxy) is 1. The second-order valence-corrected chi connectivity index (χ2v) is 5.33. The first kappa shape index (κ1) is 13.3. The van der Waals surface area contributed by atoms with Crippen molar-refractivity contribution < 1.29 is 14.3 Å². The van der Waals surface area contributed by atoms with Crippen molar-refractivity contribution in [1.82, 2.24) is 4.90 Å². The van der Waals surface area contributed by atoms with E-state index in [0.29, 0.717) is 0 Å². The first-order chi connectivity index (χ1) is 8.62. The Morgan fingerprint density at radius 2 is 1.89 bits per heavy atom. The highest BCUT2D eigenvalue weighted by molar-refractivity contribution is 5.86. The van der Waals surface area contributed by atoms with Crippen LogP contribution >= 0.6 is 0 Å². The lowest BCUT2D eigenvalue weighted by Gasteiger charge is -2.44. The lowest BCUT2D eigenvalue weighted by Crippen LogP contribution is -2.61. The molecule has 1 saturated carbocycles. The van der Waals surface area contributed by atoms with Crippen molar-refractivity contribution in [3.8, 4) is 0 Å². The molecule has 0 bridgehead atoms. The van der Waals surface area contributed by atoms with Crippen molar-refractivity contribution in [1.29, 1.82) is 0 Å². The summed E-state index contributed by atoms with van der Waals surface area (Å²) in [5, 5.41) is 0. The average Bonchev–Trinajstić information content (AvgIpc) is 2.88. The Morgan fingerprint density at radius 3 is 2.44 bits per heavy atom. The zero-order valence-corrected chi connectivity index (χ0v) is 11.0. The van der Waals surface area contributed by atoms with Gasteiger partial charge < -0.3 is 10.5 Å². The smallest absolute Gasteiger partial charge is 0.323 e. The minimum atomic E-state index is -0.617. The summed E-state index contributed by atoms with van der Waals surface area (Å²) >= 11 is 0. The molecular weight excluding hydrogens is 232 g/mol. The van der Waals surface area contributed by atoms with E-state index in [1.165, 1.54) is 7.11 Å². The lowest BCUT2D eigenvalue weighted by molar-refractivity contribution is -0.151. The third kappa shape index (κ3) is 2.11. The van der Waals surface area contributed by atoms with Crippen molar-refractivity contribution in [3.05, 3.63) is 0 Å². The molecule has 0 spiro atoms. The van der Waals surface area contributed by atoms with Gasteiger partial charge in [0.05, 0.1) is 7.11 Å². The zero-order chi connectivity index (χ0) is 13.2. The van der Waals surface area contributed by atoms with E-state index in [1.54, 1.807) is 0 Å². The summed E-state index contributed by atoms with van der Waals surface area (Å²) < 4.78 is 4.85. The van der Waals surface area contributed by atoms with Crippen LogP contribution in [0.25, 0.3) is 0 Å². The second-order valence-electron chi connectivity index (χ2n) is 5.33. The summed E-state index contributed by atoms with van der Waals surface area (Å²) in [5.74, 6) is -0.517. The summed E-state index contributed by atoms with van der Waals surface area (Å²) in [5.41, 5.74) is 5.04. The predicted octanol–water partition coefficient (Wildman–Crippen LogP) is 0.812. The van der Waals surface area contributed by atoms with Gasteiger partial charge in [0, 0.05) is 6.54 Å². The molecule has 1 saturated heterocycles. The van der Waals surface area contributed by atoms with E-state index in [9.17, 15) is 9.59 Å². The lowest BCUT2D eigenvalue weighted by atomic mass is 9.79. The number of likely N-dealkylation sites (tertiary alicyclic amines) is 1. The summed E-state index contributed by atoms with van der Waals surface area (Å²) in [4.78, 5) is 25.8. The van der Waals surface area contributed by atoms with Crippen LogP contribution in [0.15, 0.2) is 0 Å². The molecule has 1 aliphatic carbocycles. The van der Waals surface area contributed by atoms with Crippen molar-refractivity contribution in [3.63, 3.8) is 0 Å². The molecule has 0 aromatic heterocycles. The number of nitrogens with zero attached hydrogens (tertiary/aromatic N) is 1. The molecule has 2 fully saturated rings. The number of rotatable bonds is 3. The molecule has 1 heterocycles. The Balaban J connectivity index is 2.24. The molecule has 2 aliphatic rings. The van der Waals surface area contributed by atoms with Crippen LogP contribution in [0.5, 0.6) is 0 Å². The number of esters is 1. The van der Waals surface area contributed by atoms with Gasteiger partial charge in [-0.3, -0.25) is 14.5 Å². The molecule has 18 heavy (non-hydrogen) atoms. The summed E-state index contributed by atoms with van der Waals surface area (Å²) in [6.45, 7) is 0.767. The van der Waals surface area contributed by atoms with Gasteiger partial charge in [0.15, 0.2) is 0 Å². The van der Waals surface area contributed by atoms with Crippen LogP contribution in [0.2, 0.25) is 0 Å². The Morgan fingerprint density at radius 1 is 1.22 bits per heavy atom. The zero-order valence-electron chi connectivity index (χ0n) is 11.0. The number of hydrogen-bond donors (Lipinski definition) is 1. The number of hydrogen-bond acceptors (Lipinski definition) is 4. The van der Waals surface area contributed by atoms with Crippen LogP contribution < -0.4 is 5.73 Å². The Labute approximate surface area is 108 Å². The first-order valence-corrected chi connectivity index (χ1v) is 6.76. The van der Waals surface area contributed by atoms with E-state index < -0.39 is 5.54 Å². The van der Waals surface area contributed by atoms with Gasteiger partial charge in [-0.25, -0.2) is 0 Å². The molecule has 0 aromatic carbocycles. The van der Waals surface area contributed by atoms with Gasteiger partial charge in [-0.2, -0.15) is 0 Å². The van der Waals surface area contributed by atoms with Gasteiger partial charge in [-0.1, -0.05) is 19.3 Å². The quantitative estimate of drug-likeness (QED) is 0.756. The van der Waals surface area contributed by atoms with Crippen molar-refractivity contribution in [2.45, 2.75) is 56.5 Å². The van der Waals surface area contributed by atoms with Gasteiger partial charge in [0.25, 0.3) is 0 Å². The molecule has 0 aromatic rings. The van der Waals surface area contributed by atoms with Gasteiger partial charge in [0.1, 0.15) is 11.6 Å². The molecule has 102 valence electrons. The van der Waals surface area contributed by atoms with Crippen molar-refractivity contribution in [2.75, 3.05) is 13.7 Å². The molecular formula is C13H22N2O3. The monoisotopic (exact) mass is 254 g/mol. The van der Waals surface area contributed by atoms with E-state index in [2.05, 4.69) is 0 Å². The standard InChI is InChI=1S/C13H22N2O3/c1-18-11(16)10-6-5-9-15(10)13(12(14)17)7-3-2-4-8-13/h10H,2-9H2,1H3,(H2,14,17)/t10-/m0/s1. The average molecular weight is 254 g/mol. The Kier molecular flexibility index (Phi) is 3.90. The van der Waals surface area contributed by atoms with E-state index in [1.807, 2.05) is 4.90 Å². The third-order valence-corrected chi connectivity index (χ3v) is 4.42. The number of nitrogens with two attached hydrogens (primary N) is 1. The van der Waals surface area contributed by atoms with Crippen LogP contribution in [0.1, 0.15) is 44.9 Å². The maximum atomic E-state index is 11.9. The van der Waals surface area contributed by atoms with E-state index in [0.717, 1.165) is 51.5 Å². The summed E-state index contributed by atoms with van der Waals surface area (Å²) in [6.07, 6.45) is 6.40. The molecule has 1 atom stereocenters. The fraction of sp³-hybridized carbons (Fsp3) is 0.846. The highest BCUT2D eigenvalue weighted by Gasteiger charge is 2.49. The third-order valence-electron chi connectivity index (χ3n) is 4.42. The minimum Gasteiger partial charge on any atom is -0.468 e. The first-order valence-electron chi connectivity index (χ1n) is 6.76. The fourth-order valence-electron chi connectivity index (χ4n) is 3.47. The van der Waals surface area contributed by atoms with Gasteiger partial charge in [-0.15, -0.1) is 0 Å². The van der Waals surface area contributed by atoms with Crippen LogP contribution in [-0.2, 0) is 14.3 Å². The fourth-order valence-corrected chi connectivity index (χ4v) is 3.47. The number of primary amides is 1. The number of methoxy groups -OCH3 is 1. The molecule has 5 nitrogen and oxygen atoms in total. The summed E-state index contributed by atoms with van der Waals surface area (Å²) in [7, 11) is 1.40. The molecule has 2 N–H and O–H groups in total. The largest absolute Gasteiger partial charge is 0.468 e. The highest BCUT2D eigenvalue weighted by Crippen LogP contribution is 2.38. The Bertz CT molecular complexity index is 337. The molecule has 0 unspecified atom stereocenters. The van der Waals surface area contributed by atoms with E-state index in [4.69, 9.17) is 10.5 Å². The van der Waals surface area contributed by atoms with Gasteiger partial charge in [-0.05, 0) is 25.7 Å². The van der Waals surface area contributed by atoms with Crippen LogP contribution in [0.3, 0.4) is 0 Å². The predicted molar refractivity (Wildman–Crippen MR) is 66.8 cm³/mol. The minimum absolute atomic E-state index is 0.237. The van der Waals surface area contributed by atoms with Crippen molar-refractivity contribution >= 4 is 11.9 Å². The van der Waals surface area contributed by atoms with Gasteiger partial charge in [0.2, 0.25) is 5.91 Å². The summed E-state index contributed by atoms with van der Waals surface area (Å²) in [6, 6.07) is -0.291. The molecule has 0 radical (unpaired) electrons. The maximum Gasteiger partial charge on any atom is 0.323 e. The van der Waals surface area contributed by atoms with Gasteiger partial charge >= 0.3 is 5.97 Å². The second kappa shape index (κ2) is 5.26. The highest BCUT2D eigenvalue weighted by atomic mass is 16.5. The van der Waals surface area contributed by atoms with Crippen LogP contribution in [0.4, 0.5) is 0 Å². The number of carbonyl (C=O) groups excluding carboxylic acids is 2. The SMILES string of the molecule is COC(=O)[C@@H]1CCCN1C1(C(N)=O)CCCCC1. The maximum absolute atomic E-state index is 11.9. The number of amides is 1. The molecule has 1 amide bonds. The van der Waals surface area contributed by atoms with Crippen molar-refractivity contribution in [2.24, 2.45) is 5.73 Å².